The number of benzene rings is 1. The molecule has 222 valence electrons. The monoisotopic (exact) mass is 588 g/mol. The molecule has 42 heavy (non-hydrogen) atoms. The number of nitrogens with one attached hydrogen (secondary N) is 2. The van der Waals surface area contributed by atoms with Crippen LogP contribution < -0.4 is 10.6 Å². The number of pyridine rings is 1. The highest BCUT2D eigenvalue weighted by Gasteiger charge is 2.44. The molecule has 3 aliphatic rings. The van der Waals surface area contributed by atoms with Gasteiger partial charge in [0.05, 0.1) is 12.5 Å². The normalized spacial score (nSPS) is 21.7. The maximum Gasteiger partial charge on any atom is 0.394 e. The Balaban J connectivity index is 1.22. The zero-order valence-electron chi connectivity index (χ0n) is 22.6. The summed E-state index contributed by atoms with van der Waals surface area (Å²) in [6.45, 7) is 0.700. The van der Waals surface area contributed by atoms with Gasteiger partial charge >= 0.3 is 12.2 Å². The molecule has 2 N–H and O–H groups in total. The summed E-state index contributed by atoms with van der Waals surface area (Å²) >= 11 is 0. The van der Waals surface area contributed by atoms with Gasteiger partial charge in [-0.2, -0.15) is 13.2 Å². The van der Waals surface area contributed by atoms with E-state index in [1.807, 2.05) is 12.1 Å². The van der Waals surface area contributed by atoms with Crippen LogP contribution in [0, 0.1) is 11.6 Å². The molecule has 2 atom stereocenters. The molecule has 3 aromatic rings. The standard InChI is InChI=1S/C29H29F5N6O2/c30-21-5-1-3-19(24(21)31)17-6-7-22(26-36-15-18(40(26)16-17)13-29(32,33)34)37-27(42)39-11-8-28(9-12-39)14-23(41)38-25-20(28)4-2-10-35-25/h1-5,10,15,17,22H,6-9,11-14,16H2,(H,37,42)(H,35,38,41)/t17-,22-/m1/s1. The number of alkyl halides is 3. The van der Waals surface area contributed by atoms with Crippen molar-refractivity contribution in [3.63, 3.8) is 0 Å². The Morgan fingerprint density at radius 1 is 1.10 bits per heavy atom. The first-order valence-corrected chi connectivity index (χ1v) is 13.9. The van der Waals surface area contributed by atoms with Crippen LogP contribution in [0.3, 0.4) is 0 Å². The quantitative estimate of drug-likeness (QED) is 0.403. The zero-order valence-corrected chi connectivity index (χ0v) is 22.6. The minimum atomic E-state index is -4.50. The molecular weight excluding hydrogens is 559 g/mol. The Hall–Kier alpha value is -4.03. The molecule has 1 fully saturated rings. The van der Waals surface area contributed by atoms with Crippen LogP contribution in [0.15, 0.2) is 42.7 Å². The molecule has 0 radical (unpaired) electrons. The molecule has 0 saturated carbocycles. The maximum absolute atomic E-state index is 14.7. The zero-order chi connectivity index (χ0) is 29.6. The lowest BCUT2D eigenvalue weighted by molar-refractivity contribution is -0.128. The number of hydrogen-bond acceptors (Lipinski definition) is 4. The minimum absolute atomic E-state index is 0.0325. The summed E-state index contributed by atoms with van der Waals surface area (Å²) in [6.07, 6.45) is -1.05. The molecule has 13 heteroatoms. The fraction of sp³-hybridized carbons (Fsp3) is 0.448. The fourth-order valence-corrected chi connectivity index (χ4v) is 6.63. The third-order valence-corrected chi connectivity index (χ3v) is 8.73. The van der Waals surface area contributed by atoms with Crippen molar-refractivity contribution in [3.8, 4) is 0 Å². The number of carbonyl (C=O) groups excluding carboxylic acids is 2. The third kappa shape index (κ3) is 5.32. The lowest BCUT2D eigenvalue weighted by atomic mass is 9.69. The van der Waals surface area contributed by atoms with E-state index < -0.39 is 47.6 Å². The highest BCUT2D eigenvalue weighted by Crippen LogP contribution is 2.44. The maximum atomic E-state index is 14.7. The Labute approximate surface area is 238 Å². The summed E-state index contributed by atoms with van der Waals surface area (Å²) in [5, 5.41) is 5.75. The Bertz CT molecular complexity index is 1510. The van der Waals surface area contributed by atoms with Gasteiger partial charge in [-0.15, -0.1) is 0 Å². The second kappa shape index (κ2) is 10.7. The van der Waals surface area contributed by atoms with Gasteiger partial charge in [0.1, 0.15) is 11.6 Å². The molecule has 0 unspecified atom stereocenters. The van der Waals surface area contributed by atoms with Crippen molar-refractivity contribution in [2.45, 2.75) is 68.6 Å². The highest BCUT2D eigenvalue weighted by atomic mass is 19.4. The largest absolute Gasteiger partial charge is 0.394 e. The van der Waals surface area contributed by atoms with Gasteiger partial charge in [0, 0.05) is 61.0 Å². The highest BCUT2D eigenvalue weighted by molar-refractivity contribution is 5.94. The lowest BCUT2D eigenvalue weighted by Crippen LogP contribution is -2.51. The average Bonchev–Trinajstić information content (AvgIpc) is 3.22. The molecule has 0 aliphatic carbocycles. The minimum Gasteiger partial charge on any atom is -0.329 e. The molecule has 0 bridgehead atoms. The van der Waals surface area contributed by atoms with Crippen molar-refractivity contribution in [2.24, 2.45) is 0 Å². The fourth-order valence-electron chi connectivity index (χ4n) is 6.63. The summed E-state index contributed by atoms with van der Waals surface area (Å²) in [7, 11) is 0. The second-order valence-electron chi connectivity index (χ2n) is 11.3. The molecule has 2 aromatic heterocycles. The number of rotatable bonds is 3. The number of halogens is 5. The summed E-state index contributed by atoms with van der Waals surface area (Å²) in [5.41, 5.74) is 0.481. The van der Waals surface area contributed by atoms with Crippen LogP contribution in [0.1, 0.15) is 66.7 Å². The number of amides is 3. The summed E-state index contributed by atoms with van der Waals surface area (Å²) in [4.78, 5) is 36.1. The number of imidazole rings is 1. The number of hydrogen-bond donors (Lipinski definition) is 2. The van der Waals surface area contributed by atoms with Crippen LogP contribution in [0.25, 0.3) is 0 Å². The van der Waals surface area contributed by atoms with Gasteiger partial charge in [-0.05, 0) is 43.4 Å². The molecule has 3 amide bonds. The smallest absolute Gasteiger partial charge is 0.329 e. The molecule has 8 nitrogen and oxygen atoms in total. The van der Waals surface area contributed by atoms with Crippen LogP contribution in [0.5, 0.6) is 0 Å². The van der Waals surface area contributed by atoms with E-state index in [-0.39, 0.29) is 36.0 Å². The van der Waals surface area contributed by atoms with Crippen molar-refractivity contribution in [3.05, 3.63) is 77.0 Å². The number of aromatic nitrogens is 3. The Morgan fingerprint density at radius 3 is 2.64 bits per heavy atom. The van der Waals surface area contributed by atoms with Crippen LogP contribution in [0.2, 0.25) is 0 Å². The van der Waals surface area contributed by atoms with Crippen LogP contribution in [0.4, 0.5) is 32.6 Å². The van der Waals surface area contributed by atoms with Gasteiger partial charge in [0.15, 0.2) is 11.6 Å². The molecule has 5 heterocycles. The predicted octanol–water partition coefficient (Wildman–Crippen LogP) is 5.37. The van der Waals surface area contributed by atoms with E-state index in [0.717, 1.165) is 17.8 Å². The summed E-state index contributed by atoms with van der Waals surface area (Å²) in [6, 6.07) is 6.43. The number of nitrogens with zero attached hydrogens (tertiary/aromatic N) is 4. The molecule has 1 spiro atoms. The lowest BCUT2D eigenvalue weighted by Gasteiger charge is -2.44. The third-order valence-electron chi connectivity index (χ3n) is 8.73. The van der Waals surface area contributed by atoms with Gasteiger partial charge in [0.25, 0.3) is 0 Å². The van der Waals surface area contributed by atoms with Crippen molar-refractivity contribution in [2.75, 3.05) is 18.4 Å². The van der Waals surface area contributed by atoms with E-state index in [2.05, 4.69) is 20.6 Å². The van der Waals surface area contributed by atoms with Gasteiger partial charge < -0.3 is 20.1 Å². The van der Waals surface area contributed by atoms with E-state index in [4.69, 9.17) is 0 Å². The number of carbonyl (C=O) groups is 2. The van der Waals surface area contributed by atoms with Crippen molar-refractivity contribution < 1.29 is 31.5 Å². The topological polar surface area (TPSA) is 92.2 Å². The molecule has 6 rings (SSSR count). The number of fused-ring (bicyclic) bond motifs is 3. The van der Waals surface area contributed by atoms with Crippen LogP contribution in [-0.4, -0.2) is 50.6 Å². The van der Waals surface area contributed by atoms with Gasteiger partial charge in [-0.25, -0.2) is 23.5 Å². The van der Waals surface area contributed by atoms with Crippen molar-refractivity contribution >= 4 is 17.8 Å². The first kappa shape index (κ1) is 28.1. The average molecular weight is 589 g/mol. The predicted molar refractivity (Wildman–Crippen MR) is 142 cm³/mol. The van der Waals surface area contributed by atoms with Gasteiger partial charge in [-0.3, -0.25) is 4.79 Å². The summed E-state index contributed by atoms with van der Waals surface area (Å²) < 4.78 is 70.3. The van der Waals surface area contributed by atoms with E-state index in [9.17, 15) is 31.5 Å². The van der Waals surface area contributed by atoms with E-state index in [1.54, 1.807) is 11.1 Å². The van der Waals surface area contributed by atoms with E-state index >= 15 is 0 Å². The summed E-state index contributed by atoms with van der Waals surface area (Å²) in [5.74, 6) is -2.01. The second-order valence-corrected chi connectivity index (χ2v) is 11.3. The van der Waals surface area contributed by atoms with Crippen molar-refractivity contribution in [1.29, 1.82) is 0 Å². The molecule has 1 saturated heterocycles. The molecule has 3 aliphatic heterocycles. The molecule has 1 aromatic carbocycles. The van der Waals surface area contributed by atoms with E-state index in [0.29, 0.717) is 44.6 Å². The van der Waals surface area contributed by atoms with E-state index in [1.165, 1.54) is 16.7 Å². The first-order valence-electron chi connectivity index (χ1n) is 13.9. The van der Waals surface area contributed by atoms with Crippen LogP contribution in [-0.2, 0) is 23.2 Å². The number of piperidine rings is 1. The Morgan fingerprint density at radius 2 is 1.88 bits per heavy atom. The number of anilines is 1. The van der Waals surface area contributed by atoms with Crippen molar-refractivity contribution in [1.82, 2.24) is 24.8 Å². The number of likely N-dealkylation sites (tertiary alicyclic amines) is 1. The Kier molecular flexibility index (Phi) is 7.14. The van der Waals surface area contributed by atoms with Gasteiger partial charge in [0.2, 0.25) is 5.91 Å². The molecular formula is C29H29F5N6O2. The first-order chi connectivity index (χ1) is 20.0. The van der Waals surface area contributed by atoms with Gasteiger partial charge in [-0.1, -0.05) is 18.2 Å². The van der Waals surface area contributed by atoms with Crippen LogP contribution >= 0.6 is 0 Å². The number of urea groups is 1. The SMILES string of the molecule is O=C1CC2(CCN(C(=O)N[C@@H]3CC[C@@H](c4cccc(F)c4F)Cn4c(CC(F)(F)F)cnc43)CC2)c2cccnc2N1.